The first-order valence-corrected chi connectivity index (χ1v) is 9.67. The summed E-state index contributed by atoms with van der Waals surface area (Å²) < 4.78 is 6.60. The summed E-state index contributed by atoms with van der Waals surface area (Å²) in [5.41, 5.74) is 5.05. The van der Waals surface area contributed by atoms with E-state index in [1.807, 2.05) is 19.9 Å². The van der Waals surface area contributed by atoms with Gasteiger partial charge >= 0.3 is 5.97 Å². The zero-order valence-electron chi connectivity index (χ0n) is 16.8. The maximum Gasteiger partial charge on any atom is 0.338 e. The van der Waals surface area contributed by atoms with Gasteiger partial charge in [0.1, 0.15) is 6.33 Å². The molecule has 0 radical (unpaired) electrons. The van der Waals surface area contributed by atoms with Crippen molar-refractivity contribution in [3.63, 3.8) is 0 Å². The smallest absolute Gasteiger partial charge is 0.338 e. The van der Waals surface area contributed by atoms with Crippen molar-refractivity contribution in [2.45, 2.75) is 39.5 Å². The lowest BCUT2D eigenvalue weighted by Gasteiger charge is -2.30. The van der Waals surface area contributed by atoms with E-state index in [4.69, 9.17) is 4.74 Å². The highest BCUT2D eigenvalue weighted by atomic mass is 16.5. The average molecular weight is 393 g/mol. The van der Waals surface area contributed by atoms with Crippen LogP contribution in [0.25, 0.3) is 5.78 Å². The van der Waals surface area contributed by atoms with E-state index >= 15 is 0 Å². The summed E-state index contributed by atoms with van der Waals surface area (Å²) in [6, 6.07) is 5.45. The number of anilines is 1. The second-order valence-electron chi connectivity index (χ2n) is 7.18. The van der Waals surface area contributed by atoms with E-state index in [1.54, 1.807) is 21.5 Å². The van der Waals surface area contributed by atoms with Gasteiger partial charge in [0.2, 0.25) is 5.91 Å². The summed E-state index contributed by atoms with van der Waals surface area (Å²) in [6.45, 7) is 4.55. The van der Waals surface area contributed by atoms with Gasteiger partial charge in [-0.25, -0.2) is 14.3 Å². The lowest BCUT2D eigenvalue weighted by Crippen LogP contribution is -2.36. The van der Waals surface area contributed by atoms with Crippen LogP contribution in [0.2, 0.25) is 0 Å². The Balaban J connectivity index is 1.58. The largest absolute Gasteiger partial charge is 0.465 e. The molecule has 0 fully saturated rings. The van der Waals surface area contributed by atoms with Gasteiger partial charge < -0.3 is 9.64 Å². The van der Waals surface area contributed by atoms with Crippen molar-refractivity contribution in [1.29, 1.82) is 0 Å². The SMILES string of the molecule is COC(=O)c1cccc2c1CCCN2C(=O)CCc1c(C)nc2ncnn2c1C. The number of benzene rings is 1. The van der Waals surface area contributed by atoms with Crippen molar-refractivity contribution in [2.75, 3.05) is 18.6 Å². The number of esters is 1. The number of aryl methyl sites for hydroxylation is 2. The van der Waals surface area contributed by atoms with Crippen molar-refractivity contribution in [2.24, 2.45) is 0 Å². The van der Waals surface area contributed by atoms with Gasteiger partial charge in [-0.3, -0.25) is 4.79 Å². The molecular formula is C21H23N5O3. The fourth-order valence-corrected chi connectivity index (χ4v) is 4.07. The van der Waals surface area contributed by atoms with Crippen LogP contribution in [0.4, 0.5) is 5.69 Å². The van der Waals surface area contributed by atoms with Crippen LogP contribution in [0.3, 0.4) is 0 Å². The highest BCUT2D eigenvalue weighted by molar-refractivity contribution is 5.98. The Kier molecular flexibility index (Phi) is 5.00. The third kappa shape index (κ3) is 3.35. The number of hydrogen-bond donors (Lipinski definition) is 0. The molecule has 1 aromatic carbocycles. The highest BCUT2D eigenvalue weighted by Crippen LogP contribution is 2.31. The van der Waals surface area contributed by atoms with Gasteiger partial charge in [0, 0.05) is 30.0 Å². The molecule has 3 aromatic rings. The number of rotatable bonds is 4. The number of amides is 1. The third-order valence-electron chi connectivity index (χ3n) is 5.53. The summed E-state index contributed by atoms with van der Waals surface area (Å²) in [4.78, 5) is 35.6. The normalized spacial score (nSPS) is 13.4. The quantitative estimate of drug-likeness (QED) is 0.633. The fraction of sp³-hybridized carbons (Fsp3) is 0.381. The maximum absolute atomic E-state index is 13.1. The van der Waals surface area contributed by atoms with Crippen molar-refractivity contribution in [3.8, 4) is 0 Å². The Bertz CT molecular complexity index is 1110. The third-order valence-corrected chi connectivity index (χ3v) is 5.53. The molecule has 0 saturated carbocycles. The number of aromatic nitrogens is 4. The van der Waals surface area contributed by atoms with Crippen LogP contribution in [-0.2, 0) is 22.4 Å². The van der Waals surface area contributed by atoms with Gasteiger partial charge in [-0.2, -0.15) is 10.1 Å². The molecule has 0 bridgehead atoms. The van der Waals surface area contributed by atoms with E-state index in [-0.39, 0.29) is 11.9 Å². The number of carbonyl (C=O) groups excluding carboxylic acids is 2. The summed E-state index contributed by atoms with van der Waals surface area (Å²) in [6.07, 6.45) is 3.98. The molecule has 1 aliphatic rings. The maximum atomic E-state index is 13.1. The first-order valence-electron chi connectivity index (χ1n) is 9.67. The minimum absolute atomic E-state index is 0.0328. The first-order chi connectivity index (χ1) is 14.0. The molecule has 1 amide bonds. The lowest BCUT2D eigenvalue weighted by atomic mass is 9.95. The molecule has 0 unspecified atom stereocenters. The van der Waals surface area contributed by atoms with Crippen molar-refractivity contribution in [1.82, 2.24) is 19.6 Å². The topological polar surface area (TPSA) is 89.7 Å². The van der Waals surface area contributed by atoms with E-state index in [2.05, 4.69) is 15.1 Å². The van der Waals surface area contributed by atoms with Gasteiger partial charge in [0.05, 0.1) is 12.7 Å². The molecule has 4 rings (SSSR count). The van der Waals surface area contributed by atoms with Gasteiger partial charge in [0.25, 0.3) is 5.78 Å². The second-order valence-corrected chi connectivity index (χ2v) is 7.18. The zero-order chi connectivity index (χ0) is 20.5. The molecule has 0 atom stereocenters. The molecule has 150 valence electrons. The van der Waals surface area contributed by atoms with Crippen molar-refractivity contribution < 1.29 is 14.3 Å². The molecule has 29 heavy (non-hydrogen) atoms. The molecule has 8 heteroatoms. The molecule has 0 aliphatic carbocycles. The number of carbonyl (C=O) groups is 2. The predicted octanol–water partition coefficient (Wildman–Crippen LogP) is 2.44. The second kappa shape index (κ2) is 7.62. The van der Waals surface area contributed by atoms with Gasteiger partial charge in [-0.15, -0.1) is 0 Å². The van der Waals surface area contributed by atoms with E-state index in [0.717, 1.165) is 41.0 Å². The molecule has 0 spiro atoms. The lowest BCUT2D eigenvalue weighted by molar-refractivity contribution is -0.118. The van der Waals surface area contributed by atoms with Crippen LogP contribution in [0.1, 0.15) is 45.7 Å². The van der Waals surface area contributed by atoms with Gasteiger partial charge in [-0.1, -0.05) is 6.07 Å². The average Bonchev–Trinajstić information content (AvgIpc) is 3.20. The van der Waals surface area contributed by atoms with Crippen LogP contribution in [-0.4, -0.2) is 45.1 Å². The van der Waals surface area contributed by atoms with Gasteiger partial charge in [0.15, 0.2) is 0 Å². The van der Waals surface area contributed by atoms with E-state index in [1.165, 1.54) is 13.4 Å². The monoisotopic (exact) mass is 393 g/mol. The van der Waals surface area contributed by atoms with Crippen molar-refractivity contribution in [3.05, 3.63) is 52.6 Å². The number of nitrogens with zero attached hydrogens (tertiary/aromatic N) is 5. The number of fused-ring (bicyclic) bond motifs is 2. The van der Waals surface area contributed by atoms with Crippen LogP contribution in [0, 0.1) is 13.8 Å². The van der Waals surface area contributed by atoms with Crippen LogP contribution in [0.5, 0.6) is 0 Å². The summed E-state index contributed by atoms with van der Waals surface area (Å²) >= 11 is 0. The molecule has 1 aliphatic heterocycles. The molecule has 0 N–H and O–H groups in total. The Hall–Kier alpha value is -3.29. The highest BCUT2D eigenvalue weighted by Gasteiger charge is 2.26. The molecule has 0 saturated heterocycles. The van der Waals surface area contributed by atoms with Gasteiger partial charge in [-0.05, 0) is 56.4 Å². The fourth-order valence-electron chi connectivity index (χ4n) is 4.07. The molecular weight excluding hydrogens is 370 g/mol. The number of methoxy groups -OCH3 is 1. The van der Waals surface area contributed by atoms with Crippen LogP contribution < -0.4 is 4.90 Å². The molecule has 8 nitrogen and oxygen atoms in total. The minimum atomic E-state index is -0.366. The Morgan fingerprint density at radius 3 is 2.86 bits per heavy atom. The molecule has 2 aromatic heterocycles. The van der Waals surface area contributed by atoms with E-state index in [0.29, 0.717) is 30.7 Å². The van der Waals surface area contributed by atoms with Crippen LogP contribution in [0.15, 0.2) is 24.5 Å². The summed E-state index contributed by atoms with van der Waals surface area (Å²) in [7, 11) is 1.37. The predicted molar refractivity (Wildman–Crippen MR) is 107 cm³/mol. The zero-order valence-corrected chi connectivity index (χ0v) is 16.8. The number of hydrogen-bond acceptors (Lipinski definition) is 6. The van der Waals surface area contributed by atoms with E-state index < -0.39 is 0 Å². The molecule has 3 heterocycles. The number of ether oxygens (including phenoxy) is 1. The van der Waals surface area contributed by atoms with Crippen LogP contribution >= 0.6 is 0 Å². The first kappa shape index (κ1) is 19.0. The van der Waals surface area contributed by atoms with E-state index in [9.17, 15) is 9.59 Å². The standard InChI is InChI=1S/C21H23N5O3/c1-13-15(14(2)26-21(24-13)22-12-23-26)9-10-19(27)25-11-5-7-16-17(20(28)29-3)6-4-8-18(16)25/h4,6,8,12H,5,7,9-11H2,1-3H3. The summed E-state index contributed by atoms with van der Waals surface area (Å²) in [5.74, 6) is 0.232. The Labute approximate surface area is 168 Å². The minimum Gasteiger partial charge on any atom is -0.465 e. The Morgan fingerprint density at radius 1 is 1.24 bits per heavy atom. The summed E-state index contributed by atoms with van der Waals surface area (Å²) in [5, 5.41) is 4.20. The van der Waals surface area contributed by atoms with Crippen molar-refractivity contribution >= 4 is 23.3 Å². The Morgan fingerprint density at radius 2 is 2.07 bits per heavy atom.